The lowest BCUT2D eigenvalue weighted by molar-refractivity contribution is 0.00401. The molecule has 4 nitrogen and oxygen atoms in total. The van der Waals surface area contributed by atoms with Crippen molar-refractivity contribution in [2.75, 3.05) is 52.6 Å². The predicted molar refractivity (Wildman–Crippen MR) is 49.1 cm³/mol. The Bertz CT molecular complexity index is 127. The SMILES string of the molecule is [CH](N1CCOCC1)N1CCOCC1. The second kappa shape index (κ2) is 4.91. The van der Waals surface area contributed by atoms with Crippen molar-refractivity contribution in [3.05, 3.63) is 6.67 Å². The molecule has 13 heavy (non-hydrogen) atoms. The number of nitrogens with zero attached hydrogens (tertiary/aromatic N) is 2. The predicted octanol–water partition coefficient (Wildman–Crippen LogP) is -0.230. The molecular formula is C9H17N2O2. The molecule has 0 N–H and O–H groups in total. The molecule has 0 amide bonds. The minimum Gasteiger partial charge on any atom is -0.379 e. The summed E-state index contributed by atoms with van der Waals surface area (Å²) in [5.41, 5.74) is 0. The Morgan fingerprint density at radius 1 is 0.692 bits per heavy atom. The summed E-state index contributed by atoms with van der Waals surface area (Å²) >= 11 is 0. The second-order valence-electron chi connectivity index (χ2n) is 3.41. The first kappa shape index (κ1) is 9.40. The molecule has 0 unspecified atom stereocenters. The monoisotopic (exact) mass is 185 g/mol. The fraction of sp³-hybridized carbons (Fsp3) is 0.889. The Hall–Kier alpha value is -0.160. The Balaban J connectivity index is 1.69. The van der Waals surface area contributed by atoms with Crippen LogP contribution in [0.25, 0.3) is 0 Å². The highest BCUT2D eigenvalue weighted by Gasteiger charge is 2.16. The van der Waals surface area contributed by atoms with E-state index < -0.39 is 0 Å². The average molecular weight is 185 g/mol. The van der Waals surface area contributed by atoms with Crippen LogP contribution in [0.15, 0.2) is 0 Å². The summed E-state index contributed by atoms with van der Waals surface area (Å²) in [6.45, 7) is 9.78. The van der Waals surface area contributed by atoms with Crippen molar-refractivity contribution < 1.29 is 9.47 Å². The molecule has 0 aromatic heterocycles. The van der Waals surface area contributed by atoms with Crippen LogP contribution in [-0.4, -0.2) is 62.4 Å². The van der Waals surface area contributed by atoms with Crippen LogP contribution in [0.5, 0.6) is 0 Å². The Morgan fingerprint density at radius 3 is 1.46 bits per heavy atom. The maximum atomic E-state index is 5.28. The molecule has 2 aliphatic heterocycles. The molecule has 2 rings (SSSR count). The maximum Gasteiger partial charge on any atom is 0.0924 e. The second-order valence-corrected chi connectivity index (χ2v) is 3.41. The first-order valence-corrected chi connectivity index (χ1v) is 4.94. The van der Waals surface area contributed by atoms with Crippen molar-refractivity contribution in [1.29, 1.82) is 0 Å². The molecule has 4 heteroatoms. The highest BCUT2D eigenvalue weighted by molar-refractivity contribution is 4.74. The van der Waals surface area contributed by atoms with Crippen LogP contribution < -0.4 is 0 Å². The summed E-state index contributed by atoms with van der Waals surface area (Å²) in [5.74, 6) is 0. The zero-order valence-electron chi connectivity index (χ0n) is 7.95. The molecule has 75 valence electrons. The molecule has 0 aromatic carbocycles. The van der Waals surface area contributed by atoms with Crippen molar-refractivity contribution in [2.45, 2.75) is 0 Å². The third kappa shape index (κ3) is 2.91. The smallest absolute Gasteiger partial charge is 0.0924 e. The van der Waals surface area contributed by atoms with Gasteiger partial charge in [-0.25, -0.2) is 0 Å². The number of rotatable bonds is 2. The van der Waals surface area contributed by atoms with Crippen LogP contribution in [0, 0.1) is 6.67 Å². The summed E-state index contributed by atoms with van der Waals surface area (Å²) in [7, 11) is 0. The lowest BCUT2D eigenvalue weighted by Gasteiger charge is -2.33. The molecule has 0 aliphatic carbocycles. The Kier molecular flexibility index (Phi) is 3.55. The van der Waals surface area contributed by atoms with E-state index in [0.29, 0.717) is 0 Å². The summed E-state index contributed by atoms with van der Waals surface area (Å²) in [4.78, 5) is 4.66. The van der Waals surface area contributed by atoms with Gasteiger partial charge in [0, 0.05) is 26.2 Å². The average Bonchev–Trinajstić information content (AvgIpc) is 2.21. The van der Waals surface area contributed by atoms with E-state index in [4.69, 9.17) is 9.47 Å². The van der Waals surface area contributed by atoms with Gasteiger partial charge in [0.1, 0.15) is 0 Å². The molecule has 0 bridgehead atoms. The molecule has 2 fully saturated rings. The maximum absolute atomic E-state index is 5.28. The summed E-state index contributed by atoms with van der Waals surface area (Å²) in [6.07, 6.45) is 0. The molecule has 2 saturated heterocycles. The van der Waals surface area contributed by atoms with E-state index >= 15 is 0 Å². The van der Waals surface area contributed by atoms with Crippen LogP contribution >= 0.6 is 0 Å². The molecule has 0 atom stereocenters. The van der Waals surface area contributed by atoms with Gasteiger partial charge in [0.2, 0.25) is 0 Å². The molecule has 0 saturated carbocycles. The van der Waals surface area contributed by atoms with Crippen molar-refractivity contribution in [2.24, 2.45) is 0 Å². The van der Waals surface area contributed by atoms with Gasteiger partial charge >= 0.3 is 0 Å². The largest absolute Gasteiger partial charge is 0.379 e. The number of hydrogen-bond acceptors (Lipinski definition) is 4. The van der Waals surface area contributed by atoms with Gasteiger partial charge in [0.15, 0.2) is 0 Å². The number of morpholine rings is 2. The van der Waals surface area contributed by atoms with E-state index in [1.54, 1.807) is 0 Å². The van der Waals surface area contributed by atoms with Gasteiger partial charge in [-0.3, -0.25) is 9.80 Å². The summed E-state index contributed by atoms with van der Waals surface area (Å²) in [5, 5.41) is 0. The van der Waals surface area contributed by atoms with Gasteiger partial charge in [0.25, 0.3) is 0 Å². The molecule has 0 aromatic rings. The first-order chi connectivity index (χ1) is 6.45. The van der Waals surface area contributed by atoms with Crippen LogP contribution in [0.4, 0.5) is 0 Å². The quantitative estimate of drug-likeness (QED) is 0.593. The van der Waals surface area contributed by atoms with Crippen LogP contribution in [0.1, 0.15) is 0 Å². The standard InChI is InChI=1S/C9H17N2O2/c1-5-12-6-2-10(1)9-11-3-7-13-8-4-11/h9H,1-8H2. The zero-order chi connectivity index (χ0) is 8.93. The van der Waals surface area contributed by atoms with Crippen molar-refractivity contribution >= 4 is 0 Å². The lowest BCUT2D eigenvalue weighted by atomic mass is 10.4. The van der Waals surface area contributed by atoms with Crippen molar-refractivity contribution in [3.8, 4) is 0 Å². The molecule has 2 aliphatic rings. The van der Waals surface area contributed by atoms with Gasteiger partial charge in [0.05, 0.1) is 33.1 Å². The summed E-state index contributed by atoms with van der Waals surface area (Å²) < 4.78 is 10.6. The molecule has 1 radical (unpaired) electrons. The number of ether oxygens (including phenoxy) is 2. The Morgan fingerprint density at radius 2 is 1.08 bits per heavy atom. The van der Waals surface area contributed by atoms with E-state index in [-0.39, 0.29) is 0 Å². The molecular weight excluding hydrogens is 168 g/mol. The Labute approximate surface area is 79.4 Å². The third-order valence-electron chi connectivity index (χ3n) is 2.42. The van der Waals surface area contributed by atoms with Crippen LogP contribution in [-0.2, 0) is 9.47 Å². The highest BCUT2D eigenvalue weighted by atomic mass is 16.5. The van der Waals surface area contributed by atoms with E-state index in [2.05, 4.69) is 16.5 Å². The van der Waals surface area contributed by atoms with Gasteiger partial charge in [-0.05, 0) is 0 Å². The topological polar surface area (TPSA) is 24.9 Å². The zero-order valence-corrected chi connectivity index (χ0v) is 7.95. The van der Waals surface area contributed by atoms with Crippen LogP contribution in [0.3, 0.4) is 0 Å². The van der Waals surface area contributed by atoms with E-state index in [9.17, 15) is 0 Å². The minimum atomic E-state index is 0.862. The van der Waals surface area contributed by atoms with Crippen molar-refractivity contribution in [3.63, 3.8) is 0 Å². The van der Waals surface area contributed by atoms with Gasteiger partial charge < -0.3 is 9.47 Å². The van der Waals surface area contributed by atoms with Crippen LogP contribution in [0.2, 0.25) is 0 Å². The van der Waals surface area contributed by atoms with Gasteiger partial charge in [-0.2, -0.15) is 0 Å². The highest BCUT2D eigenvalue weighted by Crippen LogP contribution is 2.06. The molecule has 0 spiro atoms. The van der Waals surface area contributed by atoms with Gasteiger partial charge in [-0.1, -0.05) is 0 Å². The minimum absolute atomic E-state index is 0.862. The number of hydrogen-bond donors (Lipinski definition) is 0. The fourth-order valence-corrected chi connectivity index (χ4v) is 1.62. The van der Waals surface area contributed by atoms with Crippen molar-refractivity contribution in [1.82, 2.24) is 9.80 Å². The summed E-state index contributed by atoms with van der Waals surface area (Å²) in [6, 6.07) is 0. The van der Waals surface area contributed by atoms with Gasteiger partial charge in [-0.15, -0.1) is 0 Å². The normalized spacial score (nSPS) is 27.7. The third-order valence-corrected chi connectivity index (χ3v) is 2.42. The van der Waals surface area contributed by atoms with E-state index in [1.165, 1.54) is 0 Å². The fourth-order valence-electron chi connectivity index (χ4n) is 1.62. The first-order valence-electron chi connectivity index (χ1n) is 4.94. The lowest BCUT2D eigenvalue weighted by Crippen LogP contribution is -2.43. The van der Waals surface area contributed by atoms with E-state index in [0.717, 1.165) is 52.6 Å². The molecule has 2 heterocycles. The van der Waals surface area contributed by atoms with E-state index in [1.807, 2.05) is 0 Å².